The van der Waals surface area contributed by atoms with Crippen molar-refractivity contribution in [3.63, 3.8) is 0 Å². The Morgan fingerprint density at radius 1 is 0.792 bits per heavy atom. The van der Waals surface area contributed by atoms with Crippen molar-refractivity contribution in [2.24, 2.45) is 0 Å². The Labute approximate surface area is 286 Å². The lowest BCUT2D eigenvalue weighted by Gasteiger charge is -2.30. The first-order valence-corrected chi connectivity index (χ1v) is 18.4. The summed E-state index contributed by atoms with van der Waals surface area (Å²) in [6.07, 6.45) is 6.90. The second-order valence-electron chi connectivity index (χ2n) is 12.7. The Morgan fingerprint density at radius 3 is 1.85 bits per heavy atom. The third kappa shape index (κ3) is 8.85. The Morgan fingerprint density at radius 2 is 1.33 bits per heavy atom. The quantitative estimate of drug-likeness (QED) is 0.135. The molecule has 8 heteroatoms. The van der Waals surface area contributed by atoms with Gasteiger partial charge in [-0.25, -0.2) is 8.42 Å². The molecule has 0 radical (unpaired) electrons. The summed E-state index contributed by atoms with van der Waals surface area (Å²) in [6.45, 7) is 1.80. The van der Waals surface area contributed by atoms with E-state index in [9.17, 15) is 13.2 Å². The topological polar surface area (TPSA) is 84.9 Å². The highest BCUT2D eigenvalue weighted by atomic mass is 32.2. The van der Waals surface area contributed by atoms with Gasteiger partial charge < -0.3 is 14.8 Å². The first kappa shape index (κ1) is 35.2. The second kappa shape index (κ2) is 16.8. The van der Waals surface area contributed by atoms with Crippen molar-refractivity contribution in [2.75, 3.05) is 14.2 Å². The lowest BCUT2D eigenvalue weighted by molar-refractivity contribution is -0.125. The SMILES string of the molecule is COc1cc(S(=O)(=O)N2C(Cc3ccccc3)CCC2C(=O)NC(CCCc2ccccc2)CCCc2ccccc2)cc(C)c1OC. The van der Waals surface area contributed by atoms with Gasteiger partial charge in [-0.1, -0.05) is 91.0 Å². The molecule has 0 aliphatic carbocycles. The highest BCUT2D eigenvalue weighted by molar-refractivity contribution is 7.89. The number of carbonyl (C=O) groups excluding carboxylic acids is 1. The number of hydrogen-bond acceptors (Lipinski definition) is 5. The standard InChI is InChI=1S/C40H48N2O5S/c1-30-27-36(29-38(46-2)39(30)47-3)48(44,45)42-35(28-33-19-11-6-12-20-33)25-26-37(42)40(43)41-34(23-13-21-31-15-7-4-8-16-31)24-14-22-32-17-9-5-10-18-32/h4-12,15-20,27,29,34-35,37H,13-14,21-26,28H2,1-3H3,(H,41,43). The van der Waals surface area contributed by atoms with Gasteiger partial charge in [0.2, 0.25) is 15.9 Å². The lowest BCUT2D eigenvalue weighted by Crippen LogP contribution is -2.51. The van der Waals surface area contributed by atoms with E-state index >= 15 is 0 Å². The van der Waals surface area contributed by atoms with E-state index < -0.39 is 16.1 Å². The number of nitrogens with one attached hydrogen (secondary N) is 1. The van der Waals surface area contributed by atoms with Gasteiger partial charge in [-0.15, -0.1) is 0 Å². The zero-order chi connectivity index (χ0) is 33.9. The summed E-state index contributed by atoms with van der Waals surface area (Å²) in [7, 11) is -1.06. The highest BCUT2D eigenvalue weighted by Gasteiger charge is 2.46. The molecule has 1 N–H and O–H groups in total. The van der Waals surface area contributed by atoms with E-state index in [0.29, 0.717) is 36.3 Å². The number of carbonyl (C=O) groups is 1. The maximum absolute atomic E-state index is 14.6. The fourth-order valence-corrected chi connectivity index (χ4v) is 8.86. The number of benzene rings is 4. The second-order valence-corrected chi connectivity index (χ2v) is 14.6. The number of aryl methyl sites for hydroxylation is 3. The molecule has 1 heterocycles. The van der Waals surface area contributed by atoms with Crippen molar-refractivity contribution < 1.29 is 22.7 Å². The fraction of sp³-hybridized carbons (Fsp3) is 0.375. The zero-order valence-corrected chi connectivity index (χ0v) is 29.1. The molecule has 254 valence electrons. The minimum absolute atomic E-state index is 0.0639. The predicted molar refractivity (Wildman–Crippen MR) is 191 cm³/mol. The molecule has 4 aromatic carbocycles. The van der Waals surface area contributed by atoms with Gasteiger partial charge in [0.05, 0.1) is 19.1 Å². The molecule has 2 atom stereocenters. The van der Waals surface area contributed by atoms with Crippen LogP contribution in [0.25, 0.3) is 0 Å². The maximum atomic E-state index is 14.6. The molecular formula is C40H48N2O5S. The third-order valence-corrected chi connectivity index (χ3v) is 11.3. The van der Waals surface area contributed by atoms with Gasteiger partial charge in [0.1, 0.15) is 6.04 Å². The van der Waals surface area contributed by atoms with Crippen LogP contribution < -0.4 is 14.8 Å². The number of amides is 1. The highest BCUT2D eigenvalue weighted by Crippen LogP contribution is 2.38. The Hall–Kier alpha value is -4.14. The number of ether oxygens (including phenoxy) is 2. The smallest absolute Gasteiger partial charge is 0.244 e. The van der Waals surface area contributed by atoms with Crippen LogP contribution in [0.4, 0.5) is 0 Å². The van der Waals surface area contributed by atoms with Crippen LogP contribution in [0.1, 0.15) is 60.8 Å². The molecule has 4 aromatic rings. The molecule has 1 amide bonds. The molecule has 0 spiro atoms. The van der Waals surface area contributed by atoms with Gasteiger partial charge in [-0.3, -0.25) is 4.79 Å². The van der Waals surface area contributed by atoms with Crippen LogP contribution in [0.2, 0.25) is 0 Å². The average Bonchev–Trinajstić information content (AvgIpc) is 3.53. The van der Waals surface area contributed by atoms with Crippen molar-refractivity contribution >= 4 is 15.9 Å². The normalized spacial score (nSPS) is 16.6. The first-order valence-electron chi connectivity index (χ1n) is 17.0. The third-order valence-electron chi connectivity index (χ3n) is 9.34. The summed E-state index contributed by atoms with van der Waals surface area (Å²) in [5, 5.41) is 3.33. The number of nitrogens with zero attached hydrogens (tertiary/aromatic N) is 1. The zero-order valence-electron chi connectivity index (χ0n) is 28.3. The van der Waals surface area contributed by atoms with Gasteiger partial charge in [0.15, 0.2) is 11.5 Å². The molecular weight excluding hydrogens is 621 g/mol. The molecule has 7 nitrogen and oxygen atoms in total. The molecule has 1 aliphatic rings. The van der Waals surface area contributed by atoms with E-state index in [1.165, 1.54) is 35.7 Å². The van der Waals surface area contributed by atoms with Crippen LogP contribution in [-0.4, -0.2) is 51.0 Å². The van der Waals surface area contributed by atoms with Crippen LogP contribution in [0.5, 0.6) is 11.5 Å². The first-order chi connectivity index (χ1) is 23.3. The molecule has 5 rings (SSSR count). The fourth-order valence-electron chi connectivity index (χ4n) is 6.92. The van der Waals surface area contributed by atoms with Crippen molar-refractivity contribution in [1.29, 1.82) is 0 Å². The van der Waals surface area contributed by atoms with Crippen LogP contribution in [0.15, 0.2) is 108 Å². The van der Waals surface area contributed by atoms with E-state index in [4.69, 9.17) is 9.47 Å². The maximum Gasteiger partial charge on any atom is 0.244 e. The van der Waals surface area contributed by atoms with Crippen LogP contribution in [0.3, 0.4) is 0 Å². The molecule has 1 fully saturated rings. The molecule has 0 bridgehead atoms. The van der Waals surface area contributed by atoms with Crippen molar-refractivity contribution in [3.05, 3.63) is 125 Å². The van der Waals surface area contributed by atoms with Gasteiger partial charge >= 0.3 is 0 Å². The van der Waals surface area contributed by atoms with E-state index in [0.717, 1.165) is 44.1 Å². The number of rotatable bonds is 16. The number of sulfonamides is 1. The monoisotopic (exact) mass is 668 g/mol. The van der Waals surface area contributed by atoms with Gasteiger partial charge in [0, 0.05) is 18.2 Å². The van der Waals surface area contributed by atoms with Gasteiger partial charge in [-0.05, 0) is 93.0 Å². The summed E-state index contributed by atoms with van der Waals surface area (Å²) in [4.78, 5) is 14.3. The summed E-state index contributed by atoms with van der Waals surface area (Å²) < 4.78 is 41.6. The van der Waals surface area contributed by atoms with Gasteiger partial charge in [-0.2, -0.15) is 4.31 Å². The molecule has 0 saturated carbocycles. The van der Waals surface area contributed by atoms with E-state index in [-0.39, 0.29) is 22.9 Å². The minimum Gasteiger partial charge on any atom is -0.493 e. The van der Waals surface area contributed by atoms with Crippen LogP contribution in [0, 0.1) is 6.92 Å². The van der Waals surface area contributed by atoms with Gasteiger partial charge in [0.25, 0.3) is 0 Å². The minimum atomic E-state index is -4.09. The van der Waals surface area contributed by atoms with Crippen molar-refractivity contribution in [3.8, 4) is 11.5 Å². The Balaban J connectivity index is 1.39. The van der Waals surface area contributed by atoms with Crippen molar-refractivity contribution in [1.82, 2.24) is 9.62 Å². The van der Waals surface area contributed by atoms with E-state index in [1.54, 1.807) is 13.0 Å². The summed E-state index contributed by atoms with van der Waals surface area (Å²) in [5.41, 5.74) is 4.22. The number of methoxy groups -OCH3 is 2. The number of hydrogen-bond donors (Lipinski definition) is 1. The molecule has 0 aromatic heterocycles. The molecule has 1 aliphatic heterocycles. The average molecular weight is 669 g/mol. The molecule has 48 heavy (non-hydrogen) atoms. The summed E-state index contributed by atoms with van der Waals surface area (Å²) in [6, 6.07) is 32.5. The predicted octanol–water partition coefficient (Wildman–Crippen LogP) is 7.31. The van der Waals surface area contributed by atoms with E-state index in [1.807, 2.05) is 42.5 Å². The molecule has 1 saturated heterocycles. The Bertz CT molecular complexity index is 1670. The lowest BCUT2D eigenvalue weighted by atomic mass is 9.98. The summed E-state index contributed by atoms with van der Waals surface area (Å²) in [5.74, 6) is 0.602. The summed E-state index contributed by atoms with van der Waals surface area (Å²) >= 11 is 0. The van der Waals surface area contributed by atoms with Crippen molar-refractivity contribution in [2.45, 2.75) is 87.7 Å². The Kier molecular flexibility index (Phi) is 12.3. The van der Waals surface area contributed by atoms with Crippen LogP contribution in [-0.2, 0) is 34.1 Å². The molecule has 2 unspecified atom stereocenters. The van der Waals surface area contributed by atoms with Crippen LogP contribution >= 0.6 is 0 Å². The van der Waals surface area contributed by atoms with E-state index in [2.05, 4.69) is 53.8 Å². The largest absolute Gasteiger partial charge is 0.493 e.